The molecule has 0 bridgehead atoms. The molecular weight excluding hydrogens is 394 g/mol. The SMILES string of the molecule is Cc1c(C(=O)NC[C@@H]2CCCO2)oc2c1-c1nn(Cc3ccc(C#N)cn3)cc1CC2. The van der Waals surface area contributed by atoms with Gasteiger partial charge in [-0.05, 0) is 43.9 Å². The molecule has 1 aliphatic carbocycles. The van der Waals surface area contributed by atoms with Crippen LogP contribution in [0.25, 0.3) is 11.3 Å². The molecule has 8 nitrogen and oxygen atoms in total. The quantitative estimate of drug-likeness (QED) is 0.684. The first-order valence-corrected chi connectivity index (χ1v) is 10.6. The Morgan fingerprint density at radius 2 is 2.29 bits per heavy atom. The molecule has 1 saturated heterocycles. The first-order chi connectivity index (χ1) is 15.1. The Labute approximate surface area is 179 Å². The van der Waals surface area contributed by atoms with Gasteiger partial charge in [-0.3, -0.25) is 14.5 Å². The summed E-state index contributed by atoms with van der Waals surface area (Å²) in [5, 5.41) is 16.6. The smallest absolute Gasteiger partial charge is 0.287 e. The highest BCUT2D eigenvalue weighted by atomic mass is 16.5. The van der Waals surface area contributed by atoms with Crippen molar-refractivity contribution in [1.29, 1.82) is 5.26 Å². The number of aromatic nitrogens is 3. The van der Waals surface area contributed by atoms with Gasteiger partial charge in [-0.15, -0.1) is 0 Å². The molecule has 1 amide bonds. The van der Waals surface area contributed by atoms with E-state index in [1.54, 1.807) is 12.3 Å². The maximum atomic E-state index is 12.7. The van der Waals surface area contributed by atoms with Crippen molar-refractivity contribution in [3.8, 4) is 17.3 Å². The van der Waals surface area contributed by atoms with Gasteiger partial charge in [0.1, 0.15) is 11.8 Å². The second-order valence-corrected chi connectivity index (χ2v) is 8.05. The Hall–Kier alpha value is -3.44. The Kier molecular flexibility index (Phi) is 5.04. The van der Waals surface area contributed by atoms with Crippen molar-refractivity contribution in [3.63, 3.8) is 0 Å². The van der Waals surface area contributed by atoms with Crippen LogP contribution in [-0.2, 0) is 24.1 Å². The highest BCUT2D eigenvalue weighted by Gasteiger charge is 2.30. The van der Waals surface area contributed by atoms with Gasteiger partial charge in [0, 0.05) is 43.1 Å². The van der Waals surface area contributed by atoms with Gasteiger partial charge < -0.3 is 14.5 Å². The van der Waals surface area contributed by atoms with Gasteiger partial charge in [0.25, 0.3) is 5.91 Å². The number of nitrogens with zero attached hydrogens (tertiary/aromatic N) is 4. The van der Waals surface area contributed by atoms with Crippen molar-refractivity contribution in [2.45, 2.75) is 45.3 Å². The average Bonchev–Trinajstić information content (AvgIpc) is 3.51. The third kappa shape index (κ3) is 3.73. The maximum absolute atomic E-state index is 12.7. The number of rotatable bonds is 5. The van der Waals surface area contributed by atoms with Crippen molar-refractivity contribution in [2.24, 2.45) is 0 Å². The molecule has 8 heteroatoms. The number of fused-ring (bicyclic) bond motifs is 3. The van der Waals surface area contributed by atoms with Crippen LogP contribution in [0.3, 0.4) is 0 Å². The predicted octanol–water partition coefficient (Wildman–Crippen LogP) is 2.77. The van der Waals surface area contributed by atoms with Crippen LogP contribution in [0.15, 0.2) is 28.9 Å². The monoisotopic (exact) mass is 417 g/mol. The summed E-state index contributed by atoms with van der Waals surface area (Å²) in [6.07, 6.45) is 7.25. The molecule has 1 aliphatic heterocycles. The summed E-state index contributed by atoms with van der Waals surface area (Å²) >= 11 is 0. The number of amides is 1. The Morgan fingerprint density at radius 1 is 1.39 bits per heavy atom. The van der Waals surface area contributed by atoms with Gasteiger partial charge in [-0.2, -0.15) is 10.4 Å². The van der Waals surface area contributed by atoms with Crippen LogP contribution in [0.2, 0.25) is 0 Å². The molecule has 5 rings (SSSR count). The summed E-state index contributed by atoms with van der Waals surface area (Å²) in [4.78, 5) is 17.1. The summed E-state index contributed by atoms with van der Waals surface area (Å²) in [5.74, 6) is 0.971. The fraction of sp³-hybridized carbons (Fsp3) is 0.391. The highest BCUT2D eigenvalue weighted by Crippen LogP contribution is 2.38. The fourth-order valence-electron chi connectivity index (χ4n) is 4.30. The number of ether oxygens (including phenoxy) is 1. The second-order valence-electron chi connectivity index (χ2n) is 8.05. The topological polar surface area (TPSA) is 106 Å². The lowest BCUT2D eigenvalue weighted by Gasteiger charge is -2.10. The number of hydrogen-bond donors (Lipinski definition) is 1. The molecule has 1 N–H and O–H groups in total. The third-order valence-electron chi connectivity index (χ3n) is 5.91. The Morgan fingerprint density at radius 3 is 3.03 bits per heavy atom. The van der Waals surface area contributed by atoms with E-state index in [2.05, 4.69) is 16.4 Å². The molecule has 31 heavy (non-hydrogen) atoms. The molecule has 1 atom stereocenters. The standard InChI is InChI=1S/C23H23N5O3/c1-14-20-19(31-22(14)23(29)26-11-18-3-2-8-30-18)7-5-16-12-28(27-21(16)20)13-17-6-4-15(9-24)10-25-17/h4,6,10,12,18H,2-3,5,7-8,11,13H2,1H3,(H,26,29)/t18-/m0/s1. The van der Waals surface area contributed by atoms with Crippen molar-refractivity contribution in [3.05, 3.63) is 58.4 Å². The van der Waals surface area contributed by atoms with Crippen LogP contribution in [0.4, 0.5) is 0 Å². The lowest BCUT2D eigenvalue weighted by molar-refractivity contribution is 0.0833. The largest absolute Gasteiger partial charge is 0.455 e. The molecule has 0 radical (unpaired) electrons. The number of carbonyl (C=O) groups excluding carboxylic acids is 1. The normalized spacial score (nSPS) is 17.1. The number of carbonyl (C=O) groups is 1. The average molecular weight is 417 g/mol. The highest BCUT2D eigenvalue weighted by molar-refractivity contribution is 5.95. The molecule has 3 aromatic rings. The molecule has 0 spiro atoms. The zero-order chi connectivity index (χ0) is 21.4. The first kappa shape index (κ1) is 19.5. The maximum Gasteiger partial charge on any atom is 0.287 e. The number of hydrogen-bond acceptors (Lipinski definition) is 6. The van der Waals surface area contributed by atoms with E-state index in [4.69, 9.17) is 19.5 Å². The van der Waals surface area contributed by atoms with Crippen LogP contribution in [-0.4, -0.2) is 39.9 Å². The van der Waals surface area contributed by atoms with Crippen LogP contribution < -0.4 is 5.32 Å². The van der Waals surface area contributed by atoms with E-state index in [-0.39, 0.29) is 12.0 Å². The van der Waals surface area contributed by atoms with Gasteiger partial charge in [-0.1, -0.05) is 0 Å². The van der Waals surface area contributed by atoms with Crippen molar-refractivity contribution < 1.29 is 13.9 Å². The lowest BCUT2D eigenvalue weighted by atomic mass is 9.93. The summed E-state index contributed by atoms with van der Waals surface area (Å²) < 4.78 is 13.4. The summed E-state index contributed by atoms with van der Waals surface area (Å²) in [6.45, 7) is 3.69. The number of furan rings is 1. The number of pyridine rings is 1. The molecule has 158 valence electrons. The number of nitriles is 1. The van der Waals surface area contributed by atoms with Crippen LogP contribution in [0, 0.1) is 18.3 Å². The molecule has 0 unspecified atom stereocenters. The van der Waals surface area contributed by atoms with Crippen LogP contribution in [0.1, 0.15) is 51.5 Å². The second kappa shape index (κ2) is 8.00. The van der Waals surface area contributed by atoms with Crippen molar-refractivity contribution >= 4 is 5.91 Å². The molecular formula is C23H23N5O3. The zero-order valence-corrected chi connectivity index (χ0v) is 17.4. The molecule has 0 saturated carbocycles. The van der Waals surface area contributed by atoms with Crippen LogP contribution >= 0.6 is 0 Å². The van der Waals surface area contributed by atoms with Crippen molar-refractivity contribution in [2.75, 3.05) is 13.2 Å². The predicted molar refractivity (Wildman–Crippen MR) is 111 cm³/mol. The fourth-order valence-corrected chi connectivity index (χ4v) is 4.30. The molecule has 2 aliphatic rings. The van der Waals surface area contributed by atoms with E-state index >= 15 is 0 Å². The molecule has 0 aromatic carbocycles. The molecule has 1 fully saturated rings. The number of aryl methyl sites for hydroxylation is 2. The van der Waals surface area contributed by atoms with Gasteiger partial charge in [0.05, 0.1) is 29.6 Å². The zero-order valence-electron chi connectivity index (χ0n) is 17.4. The minimum Gasteiger partial charge on any atom is -0.455 e. The van der Waals surface area contributed by atoms with E-state index < -0.39 is 0 Å². The Balaban J connectivity index is 1.37. The summed E-state index contributed by atoms with van der Waals surface area (Å²) in [6, 6.07) is 5.67. The third-order valence-corrected chi connectivity index (χ3v) is 5.91. The van der Waals surface area contributed by atoms with Gasteiger partial charge in [0.2, 0.25) is 0 Å². The lowest BCUT2D eigenvalue weighted by Crippen LogP contribution is -2.31. The van der Waals surface area contributed by atoms with Crippen molar-refractivity contribution in [1.82, 2.24) is 20.1 Å². The molecule has 3 aromatic heterocycles. The first-order valence-electron chi connectivity index (χ1n) is 10.6. The summed E-state index contributed by atoms with van der Waals surface area (Å²) in [5.41, 5.74) is 5.12. The number of nitrogens with one attached hydrogen (secondary N) is 1. The van der Waals surface area contributed by atoms with E-state index in [0.717, 1.165) is 66.1 Å². The van der Waals surface area contributed by atoms with E-state index in [1.807, 2.05) is 23.9 Å². The molecule has 4 heterocycles. The summed E-state index contributed by atoms with van der Waals surface area (Å²) in [7, 11) is 0. The van der Waals surface area contributed by atoms with Gasteiger partial charge in [0.15, 0.2) is 5.76 Å². The Bertz CT molecular complexity index is 1160. The van der Waals surface area contributed by atoms with E-state index in [0.29, 0.717) is 24.4 Å². The van der Waals surface area contributed by atoms with E-state index in [1.165, 1.54) is 0 Å². The van der Waals surface area contributed by atoms with E-state index in [9.17, 15) is 4.79 Å². The van der Waals surface area contributed by atoms with Crippen LogP contribution in [0.5, 0.6) is 0 Å². The minimum absolute atomic E-state index is 0.0898. The van der Waals surface area contributed by atoms with Gasteiger partial charge in [-0.25, -0.2) is 0 Å². The van der Waals surface area contributed by atoms with Gasteiger partial charge >= 0.3 is 0 Å². The minimum atomic E-state index is -0.204.